The van der Waals surface area contributed by atoms with Crippen LogP contribution < -0.4 is 32.7 Å². The average Bonchev–Trinajstić information content (AvgIpc) is 2.97. The molecule has 0 aliphatic rings. The van der Waals surface area contributed by atoms with Gasteiger partial charge in [0.05, 0.1) is 18.9 Å². The number of aliphatic carboxylic acids is 2. The molecule has 0 aliphatic carbocycles. The topological polar surface area (TPSA) is 301 Å². The Morgan fingerprint density at radius 1 is 0.630 bits per heavy atom. The van der Waals surface area contributed by atoms with Crippen LogP contribution in [0.4, 0.5) is 0 Å². The summed E-state index contributed by atoms with van der Waals surface area (Å²) in [4.78, 5) is 85.9. The first kappa shape index (κ1) is 36.5. The first-order valence-corrected chi connectivity index (χ1v) is 13.8. The van der Waals surface area contributed by atoms with E-state index in [2.05, 4.69) is 16.0 Å². The molecule has 2 aromatic carbocycles. The van der Waals surface area contributed by atoms with E-state index in [0.29, 0.717) is 11.1 Å². The van der Waals surface area contributed by atoms with Gasteiger partial charge in [-0.05, 0) is 48.7 Å². The molecule has 0 saturated heterocycles. The first-order valence-electron chi connectivity index (χ1n) is 13.8. The van der Waals surface area contributed by atoms with Gasteiger partial charge in [0, 0.05) is 6.42 Å². The summed E-state index contributed by atoms with van der Waals surface area (Å²) in [6.07, 6.45) is -1.77. The fourth-order valence-corrected chi connectivity index (χ4v) is 4.07. The summed E-state index contributed by atoms with van der Waals surface area (Å²) in [6.45, 7) is 1.15. The summed E-state index contributed by atoms with van der Waals surface area (Å²) in [5.74, 6) is -8.00. The molecule has 12 N–H and O–H groups in total. The highest BCUT2D eigenvalue weighted by Gasteiger charge is 2.32. The van der Waals surface area contributed by atoms with Crippen molar-refractivity contribution in [2.45, 2.75) is 62.8 Å². The first-order chi connectivity index (χ1) is 21.5. The van der Waals surface area contributed by atoms with Crippen LogP contribution in [0.1, 0.15) is 30.9 Å². The van der Waals surface area contributed by atoms with Crippen molar-refractivity contribution >= 4 is 41.5 Å². The lowest BCUT2D eigenvalue weighted by atomic mass is 10.0. The number of carbonyl (C=O) groups excluding carboxylic acids is 5. The number of primary amides is 1. The van der Waals surface area contributed by atoms with Crippen LogP contribution in [-0.2, 0) is 46.4 Å². The molecule has 248 valence electrons. The van der Waals surface area contributed by atoms with E-state index in [0.717, 1.165) is 6.92 Å². The van der Waals surface area contributed by atoms with Crippen LogP contribution >= 0.6 is 0 Å². The van der Waals surface area contributed by atoms with E-state index in [-0.39, 0.29) is 24.3 Å². The van der Waals surface area contributed by atoms with Crippen molar-refractivity contribution in [3.8, 4) is 11.5 Å². The summed E-state index contributed by atoms with van der Waals surface area (Å²) in [7, 11) is 0. The van der Waals surface area contributed by atoms with Gasteiger partial charge in [0.15, 0.2) is 0 Å². The number of rotatable bonds is 17. The van der Waals surface area contributed by atoms with Crippen molar-refractivity contribution in [2.75, 3.05) is 0 Å². The quantitative estimate of drug-likeness (QED) is 0.0862. The number of carboxylic acids is 2. The molecule has 0 aliphatic heterocycles. The molecule has 5 amide bonds. The molecule has 0 saturated carbocycles. The number of hydrogen-bond acceptors (Lipinski definition) is 10. The standard InChI is InChI=1S/C29H36N6O11/c1-14(25(41)35-22(29(45)46)13-24(39)40)32-27(43)21(12-23(31)38)34-28(44)20(11-16-4-8-18(37)9-5-16)33-26(42)19(30)10-15-2-6-17(36)7-3-15/h2-9,14,19-22,36-37H,10-13,30H2,1H3,(H2,31,38)(H,32,43)(H,33,42)(H,34,44)(H,35,41)(H,39,40)(H,45,46)/t14-,19-,20-,21-,22-/m0/s1. The number of amides is 5. The van der Waals surface area contributed by atoms with Gasteiger partial charge in [0.1, 0.15) is 35.7 Å². The maximum absolute atomic E-state index is 13.4. The SMILES string of the molecule is C[C@H](NC(=O)[C@H](CC(N)=O)NC(=O)[C@H](Cc1ccc(O)cc1)NC(=O)[C@@H](N)Cc1ccc(O)cc1)C(=O)N[C@@H](CC(=O)O)C(=O)O. The molecule has 0 radical (unpaired) electrons. The minimum atomic E-state index is -1.80. The Morgan fingerprint density at radius 2 is 1.09 bits per heavy atom. The summed E-state index contributed by atoms with van der Waals surface area (Å²) in [5, 5.41) is 46.1. The van der Waals surface area contributed by atoms with Crippen LogP contribution in [0.25, 0.3) is 0 Å². The lowest BCUT2D eigenvalue weighted by Gasteiger charge is -2.25. The highest BCUT2D eigenvalue weighted by atomic mass is 16.4. The number of nitrogens with two attached hydrogens (primary N) is 2. The molecule has 46 heavy (non-hydrogen) atoms. The zero-order valence-electron chi connectivity index (χ0n) is 24.6. The lowest BCUT2D eigenvalue weighted by Crippen LogP contribution is -2.59. The van der Waals surface area contributed by atoms with E-state index in [1.165, 1.54) is 36.4 Å². The minimum absolute atomic E-state index is 0.0135. The van der Waals surface area contributed by atoms with Crippen LogP contribution in [-0.4, -0.2) is 92.1 Å². The van der Waals surface area contributed by atoms with Gasteiger partial charge in [-0.2, -0.15) is 0 Å². The Hall–Kier alpha value is -5.71. The molecule has 0 heterocycles. The van der Waals surface area contributed by atoms with Gasteiger partial charge in [0.2, 0.25) is 29.5 Å². The van der Waals surface area contributed by atoms with Gasteiger partial charge in [-0.3, -0.25) is 28.8 Å². The maximum atomic E-state index is 13.4. The predicted octanol–water partition coefficient (Wildman–Crippen LogP) is -2.40. The third-order valence-corrected chi connectivity index (χ3v) is 6.52. The largest absolute Gasteiger partial charge is 0.508 e. The highest BCUT2D eigenvalue weighted by Crippen LogP contribution is 2.13. The molecule has 2 aromatic rings. The maximum Gasteiger partial charge on any atom is 0.326 e. The number of phenols is 2. The van der Waals surface area contributed by atoms with E-state index in [1.54, 1.807) is 12.1 Å². The van der Waals surface area contributed by atoms with Gasteiger partial charge in [-0.15, -0.1) is 0 Å². The summed E-state index contributed by atoms with van der Waals surface area (Å²) >= 11 is 0. The normalized spacial score (nSPS) is 14.0. The Bertz CT molecular complexity index is 1430. The number of nitrogens with one attached hydrogen (secondary N) is 4. The number of phenolic OH excluding ortho intramolecular Hbond substituents is 2. The van der Waals surface area contributed by atoms with E-state index >= 15 is 0 Å². The van der Waals surface area contributed by atoms with E-state index < -0.39 is 84.5 Å². The number of carboxylic acid groups (broad SMARTS) is 2. The summed E-state index contributed by atoms with van der Waals surface area (Å²) < 4.78 is 0. The van der Waals surface area contributed by atoms with Crippen LogP contribution in [0.5, 0.6) is 11.5 Å². The third-order valence-electron chi connectivity index (χ3n) is 6.52. The third kappa shape index (κ3) is 12.1. The zero-order chi connectivity index (χ0) is 34.6. The van der Waals surface area contributed by atoms with Gasteiger partial charge in [-0.1, -0.05) is 24.3 Å². The van der Waals surface area contributed by atoms with Crippen molar-refractivity contribution in [3.05, 3.63) is 59.7 Å². The average molecular weight is 645 g/mol. The van der Waals surface area contributed by atoms with Gasteiger partial charge < -0.3 is 53.2 Å². The van der Waals surface area contributed by atoms with Crippen molar-refractivity contribution in [1.82, 2.24) is 21.3 Å². The number of aromatic hydroxyl groups is 2. The molecule has 0 fully saturated rings. The molecule has 0 unspecified atom stereocenters. The molecule has 0 spiro atoms. The van der Waals surface area contributed by atoms with Crippen LogP contribution in [0.15, 0.2) is 48.5 Å². The second-order valence-corrected chi connectivity index (χ2v) is 10.4. The number of hydrogen-bond donors (Lipinski definition) is 10. The monoisotopic (exact) mass is 644 g/mol. The molecule has 17 heteroatoms. The van der Waals surface area contributed by atoms with Crippen molar-refractivity contribution in [1.29, 1.82) is 0 Å². The number of benzene rings is 2. The lowest BCUT2D eigenvalue weighted by molar-refractivity contribution is -0.147. The highest BCUT2D eigenvalue weighted by molar-refractivity contribution is 5.97. The van der Waals surface area contributed by atoms with Crippen molar-refractivity contribution < 1.29 is 54.0 Å². The second-order valence-electron chi connectivity index (χ2n) is 10.4. The Labute approximate surface area is 262 Å². The fourth-order valence-electron chi connectivity index (χ4n) is 4.07. The van der Waals surface area contributed by atoms with Gasteiger partial charge in [-0.25, -0.2) is 4.79 Å². The van der Waals surface area contributed by atoms with Gasteiger partial charge >= 0.3 is 11.9 Å². The molecule has 17 nitrogen and oxygen atoms in total. The molecule has 2 rings (SSSR count). The second kappa shape index (κ2) is 17.0. The van der Waals surface area contributed by atoms with Crippen molar-refractivity contribution in [2.24, 2.45) is 11.5 Å². The van der Waals surface area contributed by atoms with Crippen molar-refractivity contribution in [3.63, 3.8) is 0 Å². The zero-order valence-corrected chi connectivity index (χ0v) is 24.6. The molecular formula is C29H36N6O11. The predicted molar refractivity (Wildman–Crippen MR) is 159 cm³/mol. The van der Waals surface area contributed by atoms with E-state index in [4.69, 9.17) is 21.7 Å². The van der Waals surface area contributed by atoms with E-state index in [9.17, 15) is 43.8 Å². The number of carbonyl (C=O) groups is 7. The Kier molecular flexibility index (Phi) is 13.4. The van der Waals surface area contributed by atoms with E-state index in [1.807, 2.05) is 5.32 Å². The van der Waals surface area contributed by atoms with Gasteiger partial charge in [0.25, 0.3) is 0 Å². The molecule has 0 aromatic heterocycles. The van der Waals surface area contributed by atoms with Crippen LogP contribution in [0, 0.1) is 0 Å². The summed E-state index contributed by atoms with van der Waals surface area (Å²) in [6, 6.07) is 4.23. The smallest absolute Gasteiger partial charge is 0.326 e. The molecule has 0 bridgehead atoms. The molecule has 5 atom stereocenters. The van der Waals surface area contributed by atoms with Crippen LogP contribution in [0.2, 0.25) is 0 Å². The molecular weight excluding hydrogens is 608 g/mol. The summed E-state index contributed by atoms with van der Waals surface area (Å²) in [5.41, 5.74) is 12.4. The Balaban J connectivity index is 2.21. The fraction of sp³-hybridized carbons (Fsp3) is 0.345. The Morgan fingerprint density at radius 3 is 1.57 bits per heavy atom. The van der Waals surface area contributed by atoms with Crippen LogP contribution in [0.3, 0.4) is 0 Å². The minimum Gasteiger partial charge on any atom is -0.508 e.